The normalized spacial score (nSPS) is 15.1. The maximum atomic E-state index is 13.1. The van der Waals surface area contributed by atoms with Crippen LogP contribution in [-0.4, -0.2) is 34.2 Å². The van der Waals surface area contributed by atoms with Gasteiger partial charge in [0.1, 0.15) is 12.5 Å². The minimum atomic E-state index is -0.834. The summed E-state index contributed by atoms with van der Waals surface area (Å²) in [6.45, 7) is 3.61. The number of hydrogen-bond acceptors (Lipinski definition) is 6. The zero-order valence-electron chi connectivity index (χ0n) is 14.7. The molecule has 2 aromatic rings. The molecule has 2 aromatic carbocycles. The number of carbonyl (C=O) groups excluding carboxylic acids is 2. The van der Waals surface area contributed by atoms with Crippen LogP contribution in [-0.2, 0) is 0 Å². The van der Waals surface area contributed by atoms with E-state index in [9.17, 15) is 19.8 Å². The molecule has 6 heteroatoms. The van der Waals surface area contributed by atoms with Crippen LogP contribution in [0.2, 0.25) is 0 Å². The topological polar surface area (TPSA) is 98.7 Å². The van der Waals surface area contributed by atoms with E-state index in [1.807, 2.05) is 0 Å². The van der Waals surface area contributed by atoms with Crippen LogP contribution in [0.4, 0.5) is 11.4 Å². The summed E-state index contributed by atoms with van der Waals surface area (Å²) in [5, 5.41) is 25.7. The molecule has 0 aromatic heterocycles. The quantitative estimate of drug-likeness (QED) is 0.508. The predicted octanol–water partition coefficient (Wildman–Crippen LogP) is 2.74. The Morgan fingerprint density at radius 3 is 1.50 bits per heavy atom. The van der Waals surface area contributed by atoms with Crippen LogP contribution < -0.4 is 10.6 Å². The molecule has 0 heterocycles. The van der Waals surface area contributed by atoms with Crippen LogP contribution in [0.25, 0.3) is 0 Å². The predicted molar refractivity (Wildman–Crippen MR) is 99.6 cm³/mol. The van der Waals surface area contributed by atoms with Gasteiger partial charge in [-0.3, -0.25) is 9.59 Å². The number of hydrogen-bond donors (Lipinski definition) is 4. The Bertz CT molecular complexity index is 793. The molecule has 2 unspecified atom stereocenters. The molecule has 0 saturated heterocycles. The molecule has 0 fully saturated rings. The summed E-state index contributed by atoms with van der Waals surface area (Å²) < 4.78 is 0. The number of fused-ring (bicyclic) bond motifs is 2. The molecule has 6 nitrogen and oxygen atoms in total. The van der Waals surface area contributed by atoms with Gasteiger partial charge in [-0.05, 0) is 25.0 Å². The lowest BCUT2D eigenvalue weighted by atomic mass is 9.82. The average molecular weight is 354 g/mol. The van der Waals surface area contributed by atoms with Gasteiger partial charge in [0.05, 0.1) is 11.1 Å². The van der Waals surface area contributed by atoms with Gasteiger partial charge < -0.3 is 20.8 Å². The molecular weight excluding hydrogens is 332 g/mol. The highest BCUT2D eigenvalue weighted by atomic mass is 16.3. The van der Waals surface area contributed by atoms with Gasteiger partial charge in [0.25, 0.3) is 0 Å². The average Bonchev–Trinajstić information content (AvgIpc) is 2.66. The number of benzene rings is 2. The Hall–Kier alpha value is -2.70. The summed E-state index contributed by atoms with van der Waals surface area (Å²) in [6.07, 6.45) is -0.775. The van der Waals surface area contributed by atoms with Gasteiger partial charge in [-0.25, -0.2) is 0 Å². The van der Waals surface area contributed by atoms with Crippen LogP contribution in [0.3, 0.4) is 0 Å². The number of aliphatic hydroxyl groups excluding tert-OH is 2. The molecule has 2 atom stereocenters. The van der Waals surface area contributed by atoms with E-state index in [0.717, 1.165) is 0 Å². The molecule has 0 aliphatic heterocycles. The van der Waals surface area contributed by atoms with E-state index in [4.69, 9.17) is 0 Å². The molecule has 1 aliphatic carbocycles. The van der Waals surface area contributed by atoms with E-state index >= 15 is 0 Å². The van der Waals surface area contributed by atoms with Gasteiger partial charge in [0.15, 0.2) is 11.6 Å². The van der Waals surface area contributed by atoms with Crippen molar-refractivity contribution in [3.8, 4) is 0 Å². The summed E-state index contributed by atoms with van der Waals surface area (Å²) in [6, 6.07) is 9.96. The van der Waals surface area contributed by atoms with Gasteiger partial charge in [0, 0.05) is 22.5 Å². The molecule has 3 rings (SSSR count). The first-order valence-corrected chi connectivity index (χ1v) is 8.72. The van der Waals surface area contributed by atoms with Crippen molar-refractivity contribution in [2.24, 2.45) is 0 Å². The lowest BCUT2D eigenvalue weighted by molar-refractivity contribution is 0.0979. The largest absolute Gasteiger partial charge is 0.374 e. The minimum Gasteiger partial charge on any atom is -0.374 e. The summed E-state index contributed by atoms with van der Waals surface area (Å²) in [5.41, 5.74) is 1.92. The summed E-state index contributed by atoms with van der Waals surface area (Å²) in [7, 11) is 0. The Balaban J connectivity index is 2.20. The molecule has 4 N–H and O–H groups in total. The van der Waals surface area contributed by atoms with Crippen molar-refractivity contribution >= 4 is 22.9 Å². The Labute approximate surface area is 151 Å². The molecule has 0 spiro atoms. The maximum Gasteiger partial charge on any atom is 0.196 e. The molecule has 136 valence electrons. The van der Waals surface area contributed by atoms with Crippen LogP contribution in [0.15, 0.2) is 36.4 Å². The standard InChI is InChI=1S/C20H22N2O4/c1-3-15(23)21-13-9-10-14(22-16(24)4-2)18-17(13)19(25)11-7-5-6-8-12(11)20(18)26/h5-10,15-16,21-24H,3-4H2,1-2H3. The van der Waals surface area contributed by atoms with Crippen molar-refractivity contribution in [3.63, 3.8) is 0 Å². The summed E-state index contributed by atoms with van der Waals surface area (Å²) in [5.74, 6) is -0.564. The second-order valence-corrected chi connectivity index (χ2v) is 6.25. The molecule has 26 heavy (non-hydrogen) atoms. The first-order chi connectivity index (χ1) is 12.5. The summed E-state index contributed by atoms with van der Waals surface area (Å²) >= 11 is 0. The highest BCUT2D eigenvalue weighted by Crippen LogP contribution is 2.37. The van der Waals surface area contributed by atoms with Crippen molar-refractivity contribution < 1.29 is 19.8 Å². The Kier molecular flexibility index (Phi) is 5.06. The van der Waals surface area contributed by atoms with E-state index in [0.29, 0.717) is 35.3 Å². The van der Waals surface area contributed by atoms with Crippen LogP contribution >= 0.6 is 0 Å². The summed E-state index contributed by atoms with van der Waals surface area (Å²) in [4.78, 5) is 26.2. The number of nitrogens with one attached hydrogen (secondary N) is 2. The zero-order valence-corrected chi connectivity index (χ0v) is 14.7. The van der Waals surface area contributed by atoms with Crippen molar-refractivity contribution in [2.45, 2.75) is 39.1 Å². The Morgan fingerprint density at radius 1 is 0.769 bits per heavy atom. The fourth-order valence-electron chi connectivity index (χ4n) is 3.03. The van der Waals surface area contributed by atoms with E-state index < -0.39 is 12.5 Å². The number of carbonyl (C=O) groups is 2. The second kappa shape index (κ2) is 7.27. The number of rotatable bonds is 6. The van der Waals surface area contributed by atoms with E-state index in [2.05, 4.69) is 10.6 Å². The van der Waals surface area contributed by atoms with Crippen molar-refractivity contribution in [3.05, 3.63) is 58.7 Å². The monoisotopic (exact) mass is 354 g/mol. The third kappa shape index (κ3) is 3.09. The molecule has 0 bridgehead atoms. The molecule has 0 amide bonds. The molecule has 1 aliphatic rings. The van der Waals surface area contributed by atoms with Gasteiger partial charge in [0.2, 0.25) is 0 Å². The lowest BCUT2D eigenvalue weighted by Crippen LogP contribution is -2.28. The number of aliphatic hydroxyl groups is 2. The smallest absolute Gasteiger partial charge is 0.196 e. The number of ketones is 2. The van der Waals surface area contributed by atoms with Gasteiger partial charge in [-0.2, -0.15) is 0 Å². The van der Waals surface area contributed by atoms with Gasteiger partial charge in [-0.15, -0.1) is 0 Å². The van der Waals surface area contributed by atoms with Crippen molar-refractivity contribution in [2.75, 3.05) is 10.6 Å². The van der Waals surface area contributed by atoms with Crippen LogP contribution in [0.1, 0.15) is 58.5 Å². The SMILES string of the molecule is CCC(O)Nc1ccc(NC(O)CC)c2c1C(=O)c1ccccc1C2=O. The fraction of sp³-hybridized carbons (Fsp3) is 0.300. The van der Waals surface area contributed by atoms with E-state index in [-0.39, 0.29) is 22.7 Å². The zero-order chi connectivity index (χ0) is 18.8. The third-order valence-corrected chi connectivity index (χ3v) is 4.49. The third-order valence-electron chi connectivity index (χ3n) is 4.49. The fourth-order valence-corrected chi connectivity index (χ4v) is 3.03. The van der Waals surface area contributed by atoms with Crippen LogP contribution in [0.5, 0.6) is 0 Å². The molecular formula is C20H22N2O4. The van der Waals surface area contributed by atoms with Gasteiger partial charge in [-0.1, -0.05) is 38.1 Å². The highest BCUT2D eigenvalue weighted by molar-refractivity contribution is 6.31. The lowest BCUT2D eigenvalue weighted by Gasteiger charge is -2.25. The van der Waals surface area contributed by atoms with Crippen LogP contribution in [0, 0.1) is 0 Å². The Morgan fingerprint density at radius 2 is 1.15 bits per heavy atom. The first kappa shape index (κ1) is 18.1. The second-order valence-electron chi connectivity index (χ2n) is 6.25. The molecule has 0 saturated carbocycles. The van der Waals surface area contributed by atoms with Gasteiger partial charge >= 0.3 is 0 Å². The molecule has 0 radical (unpaired) electrons. The van der Waals surface area contributed by atoms with Crippen molar-refractivity contribution in [1.82, 2.24) is 0 Å². The van der Waals surface area contributed by atoms with E-state index in [1.54, 1.807) is 50.2 Å². The van der Waals surface area contributed by atoms with E-state index in [1.165, 1.54) is 0 Å². The first-order valence-electron chi connectivity index (χ1n) is 8.72. The maximum absolute atomic E-state index is 13.1. The van der Waals surface area contributed by atoms with Crippen molar-refractivity contribution in [1.29, 1.82) is 0 Å². The number of anilines is 2. The highest BCUT2D eigenvalue weighted by Gasteiger charge is 2.34. The minimum absolute atomic E-state index is 0.217.